The number of nitrogens with zero attached hydrogens (tertiary/aromatic N) is 3. The van der Waals surface area contributed by atoms with Crippen molar-refractivity contribution >= 4 is 29.4 Å². The van der Waals surface area contributed by atoms with Crippen molar-refractivity contribution in [3.8, 4) is 0 Å². The van der Waals surface area contributed by atoms with E-state index in [1.807, 2.05) is 42.2 Å². The number of methoxy groups -OCH3 is 1. The minimum atomic E-state index is -0.344. The summed E-state index contributed by atoms with van der Waals surface area (Å²) < 4.78 is 11.2. The second-order valence-corrected chi connectivity index (χ2v) is 12.3. The summed E-state index contributed by atoms with van der Waals surface area (Å²) >= 11 is 0. The van der Waals surface area contributed by atoms with E-state index < -0.39 is 0 Å². The van der Waals surface area contributed by atoms with E-state index in [4.69, 9.17) is 14.3 Å². The molecular formula is C37H55N5O5. The minimum Gasteiger partial charge on any atom is -0.465 e. The highest BCUT2D eigenvalue weighted by Crippen LogP contribution is 2.29. The van der Waals surface area contributed by atoms with Crippen molar-refractivity contribution in [2.75, 3.05) is 60.0 Å². The zero-order valence-electron chi connectivity index (χ0n) is 29.4. The highest BCUT2D eigenvalue weighted by atomic mass is 16.5. The van der Waals surface area contributed by atoms with Gasteiger partial charge in [0.25, 0.3) is 0 Å². The molecule has 2 aromatic carbocycles. The third kappa shape index (κ3) is 10.7. The first kappa shape index (κ1) is 37.9. The number of morpholine rings is 1. The van der Waals surface area contributed by atoms with Crippen LogP contribution < -0.4 is 10.6 Å². The summed E-state index contributed by atoms with van der Waals surface area (Å²) in [6.45, 7) is 15.3. The molecule has 3 fully saturated rings. The van der Waals surface area contributed by atoms with E-state index in [0.717, 1.165) is 66.8 Å². The van der Waals surface area contributed by atoms with Crippen LogP contribution in [0.1, 0.15) is 74.0 Å². The fourth-order valence-electron chi connectivity index (χ4n) is 5.93. The summed E-state index contributed by atoms with van der Waals surface area (Å²) in [7, 11) is 3.52. The molecule has 3 atom stereocenters. The van der Waals surface area contributed by atoms with Crippen LogP contribution in [0.2, 0.25) is 0 Å². The summed E-state index contributed by atoms with van der Waals surface area (Å²) in [5.74, 6) is -0.194. The van der Waals surface area contributed by atoms with Crippen LogP contribution in [0.5, 0.6) is 0 Å². The number of likely N-dealkylation sites (tertiary alicyclic amines) is 1. The average molecular weight is 650 g/mol. The summed E-state index contributed by atoms with van der Waals surface area (Å²) in [4.78, 5) is 40.5. The SMILES string of the molecule is CC=O.CCCC.COC(=O)c1ccc(/C(C)=C(/NC2COC3C(CCN3C(=O)CN3CCN(C)CC3)N2)c2ccccc2)c(C)c1. The maximum Gasteiger partial charge on any atom is 0.337 e. The normalized spacial score (nSPS) is 21.6. The molecule has 1 amide bonds. The van der Waals surface area contributed by atoms with Crippen molar-refractivity contribution in [2.45, 2.75) is 72.3 Å². The van der Waals surface area contributed by atoms with Gasteiger partial charge in [-0.15, -0.1) is 0 Å². The predicted octanol–water partition coefficient (Wildman–Crippen LogP) is 4.39. The molecule has 2 aromatic rings. The second-order valence-electron chi connectivity index (χ2n) is 12.3. The van der Waals surface area contributed by atoms with E-state index in [2.05, 4.69) is 60.4 Å². The Bertz CT molecular complexity index is 1320. The number of amides is 1. The summed E-state index contributed by atoms with van der Waals surface area (Å²) in [5, 5.41) is 7.43. The molecule has 2 N–H and O–H groups in total. The molecule has 0 aromatic heterocycles. The van der Waals surface area contributed by atoms with Gasteiger partial charge in [-0.2, -0.15) is 0 Å². The Morgan fingerprint density at radius 1 is 1.02 bits per heavy atom. The quantitative estimate of drug-likeness (QED) is 0.245. The van der Waals surface area contributed by atoms with Gasteiger partial charge in [-0.05, 0) is 68.6 Å². The lowest BCUT2D eigenvalue weighted by Crippen LogP contribution is -2.61. The number of esters is 1. The summed E-state index contributed by atoms with van der Waals surface area (Å²) in [6, 6.07) is 16.0. The Kier molecular flexibility index (Phi) is 15.6. The molecular weight excluding hydrogens is 594 g/mol. The zero-order valence-corrected chi connectivity index (χ0v) is 29.4. The number of hydrogen-bond donors (Lipinski definition) is 2. The number of aryl methyl sites for hydroxylation is 1. The molecule has 0 aliphatic carbocycles. The van der Waals surface area contributed by atoms with E-state index in [0.29, 0.717) is 25.3 Å². The Balaban J connectivity index is 0.000000784. The van der Waals surface area contributed by atoms with Crippen molar-refractivity contribution in [3.05, 3.63) is 70.8 Å². The maximum absolute atomic E-state index is 13.2. The third-order valence-corrected chi connectivity index (χ3v) is 8.76. The smallest absolute Gasteiger partial charge is 0.337 e. The van der Waals surface area contributed by atoms with Crippen molar-refractivity contribution in [1.29, 1.82) is 0 Å². The van der Waals surface area contributed by atoms with Crippen LogP contribution in [-0.2, 0) is 19.1 Å². The molecule has 0 radical (unpaired) electrons. The van der Waals surface area contributed by atoms with Gasteiger partial charge >= 0.3 is 5.97 Å². The van der Waals surface area contributed by atoms with Crippen molar-refractivity contribution < 1.29 is 23.9 Å². The number of carbonyl (C=O) groups is 3. The molecule has 3 saturated heterocycles. The fourth-order valence-corrected chi connectivity index (χ4v) is 5.93. The molecule has 0 saturated carbocycles. The van der Waals surface area contributed by atoms with Gasteiger partial charge in [0.2, 0.25) is 5.91 Å². The number of rotatable bonds is 8. The Hall–Kier alpha value is -3.57. The molecule has 3 aliphatic heterocycles. The predicted molar refractivity (Wildman–Crippen MR) is 188 cm³/mol. The lowest BCUT2D eigenvalue weighted by atomic mass is 9.95. The molecule has 3 aliphatic rings. The topological polar surface area (TPSA) is 103 Å². The van der Waals surface area contributed by atoms with E-state index in [1.54, 1.807) is 6.07 Å². The van der Waals surface area contributed by atoms with Crippen LogP contribution >= 0.6 is 0 Å². The minimum absolute atomic E-state index is 0.0705. The Morgan fingerprint density at radius 3 is 2.28 bits per heavy atom. The Morgan fingerprint density at radius 2 is 1.68 bits per heavy atom. The number of fused-ring (bicyclic) bond motifs is 1. The number of aldehydes is 1. The molecule has 10 heteroatoms. The molecule has 3 heterocycles. The van der Waals surface area contributed by atoms with Gasteiger partial charge in [-0.1, -0.05) is 63.1 Å². The monoisotopic (exact) mass is 649 g/mol. The van der Waals surface area contributed by atoms with Gasteiger partial charge in [-0.25, -0.2) is 4.79 Å². The number of ether oxygens (including phenoxy) is 2. The average Bonchev–Trinajstić information content (AvgIpc) is 3.52. The van der Waals surface area contributed by atoms with E-state index in [-0.39, 0.29) is 30.3 Å². The van der Waals surface area contributed by atoms with Gasteiger partial charge in [0.1, 0.15) is 18.7 Å². The van der Waals surface area contributed by atoms with E-state index in [9.17, 15) is 9.59 Å². The van der Waals surface area contributed by atoms with Crippen molar-refractivity contribution in [3.63, 3.8) is 0 Å². The van der Waals surface area contributed by atoms with E-state index >= 15 is 0 Å². The van der Waals surface area contributed by atoms with Gasteiger partial charge in [0, 0.05) is 38.4 Å². The van der Waals surface area contributed by atoms with Crippen molar-refractivity contribution in [2.24, 2.45) is 0 Å². The molecule has 47 heavy (non-hydrogen) atoms. The summed E-state index contributed by atoms with van der Waals surface area (Å²) in [5.41, 5.74) is 5.71. The second kappa shape index (κ2) is 19.3. The molecule has 258 valence electrons. The van der Waals surface area contributed by atoms with Crippen LogP contribution in [0.15, 0.2) is 48.5 Å². The van der Waals surface area contributed by atoms with Crippen LogP contribution in [0, 0.1) is 6.92 Å². The van der Waals surface area contributed by atoms with Crippen LogP contribution in [0.4, 0.5) is 0 Å². The number of carbonyl (C=O) groups excluding carboxylic acids is 3. The first-order chi connectivity index (χ1) is 22.7. The standard InChI is InChI=1S/C31H41N5O4.C4H10.C2H4O/c1-21-18-24(31(38)39-4)10-11-25(21)22(2)29(23-8-6-5-7-9-23)33-27-20-40-30-26(32-27)12-13-36(30)28(37)19-35-16-14-34(3)15-17-35;1-3-4-2;1-2-3/h5-11,18,26-27,30,32-33H,12-17,19-20H2,1-4H3;3-4H2,1-2H3;2H,1H3/b29-22+;;. The number of likely N-dealkylation sites (N-methyl/N-ethyl adjacent to an activating group) is 1. The van der Waals surface area contributed by atoms with Gasteiger partial charge in [0.05, 0.1) is 31.9 Å². The first-order valence-corrected chi connectivity index (χ1v) is 16.9. The molecule has 0 bridgehead atoms. The van der Waals surface area contributed by atoms with Gasteiger partial charge < -0.3 is 29.4 Å². The largest absolute Gasteiger partial charge is 0.465 e. The number of allylic oxidation sites excluding steroid dienone is 1. The van der Waals surface area contributed by atoms with Crippen molar-refractivity contribution in [1.82, 2.24) is 25.3 Å². The maximum atomic E-state index is 13.2. The lowest BCUT2D eigenvalue weighted by molar-refractivity contribution is -0.149. The molecule has 10 nitrogen and oxygen atoms in total. The molecule has 0 spiro atoms. The highest BCUT2D eigenvalue weighted by molar-refractivity contribution is 5.93. The first-order valence-electron chi connectivity index (χ1n) is 16.9. The zero-order chi connectivity index (χ0) is 34.3. The van der Waals surface area contributed by atoms with Gasteiger partial charge in [-0.3, -0.25) is 15.0 Å². The number of benzene rings is 2. The van der Waals surface area contributed by atoms with E-state index in [1.165, 1.54) is 26.9 Å². The summed E-state index contributed by atoms with van der Waals surface area (Å²) in [6.07, 6.45) is 3.89. The van der Waals surface area contributed by atoms with Crippen LogP contribution in [0.25, 0.3) is 11.3 Å². The molecule has 5 rings (SSSR count). The Labute approximate surface area is 281 Å². The number of nitrogens with one attached hydrogen (secondary N) is 2. The number of unbranched alkanes of at least 4 members (excludes halogenated alkanes) is 1. The third-order valence-electron chi connectivity index (χ3n) is 8.76. The van der Waals surface area contributed by atoms with Crippen LogP contribution in [-0.4, -0.2) is 111 Å². The molecule has 3 unspecified atom stereocenters. The van der Waals surface area contributed by atoms with Crippen LogP contribution in [0.3, 0.4) is 0 Å². The number of hydrogen-bond acceptors (Lipinski definition) is 9. The fraction of sp³-hybridized carbons (Fsp3) is 0.541. The highest BCUT2D eigenvalue weighted by Gasteiger charge is 2.42. The number of piperazine rings is 1. The lowest BCUT2D eigenvalue weighted by Gasteiger charge is -2.39. The van der Waals surface area contributed by atoms with Gasteiger partial charge in [0.15, 0.2) is 0 Å².